The van der Waals surface area contributed by atoms with Crippen molar-refractivity contribution in [3.05, 3.63) is 35.4 Å². The molecule has 0 bridgehead atoms. The third kappa shape index (κ3) is 5.07. The first-order valence-electron chi connectivity index (χ1n) is 9.68. The van der Waals surface area contributed by atoms with Crippen LogP contribution in [0.15, 0.2) is 24.3 Å². The highest BCUT2D eigenvalue weighted by Crippen LogP contribution is 2.24. The Bertz CT molecular complexity index is 610. The summed E-state index contributed by atoms with van der Waals surface area (Å²) in [5.41, 5.74) is 2.43. The molecule has 26 heavy (non-hydrogen) atoms. The number of benzene rings is 1. The summed E-state index contributed by atoms with van der Waals surface area (Å²) in [6.45, 7) is 9.65. The summed E-state index contributed by atoms with van der Waals surface area (Å²) in [6, 6.07) is 8.30. The van der Waals surface area contributed by atoms with Crippen LogP contribution in [-0.2, 0) is 9.59 Å². The molecule has 144 valence electrons. The van der Waals surface area contributed by atoms with Gasteiger partial charge in [0.05, 0.1) is 18.6 Å². The molecule has 1 heterocycles. The Hall–Kier alpha value is -1.88. The minimum atomic E-state index is -0.187. The summed E-state index contributed by atoms with van der Waals surface area (Å²) >= 11 is 0. The minimum Gasteiger partial charge on any atom is -0.358 e. The molecule has 0 saturated carbocycles. The van der Waals surface area contributed by atoms with E-state index in [1.807, 2.05) is 4.90 Å². The zero-order chi connectivity index (χ0) is 19.3. The molecule has 1 saturated heterocycles. The van der Waals surface area contributed by atoms with Crippen molar-refractivity contribution in [1.82, 2.24) is 15.5 Å². The molecule has 0 radical (unpaired) electrons. The number of nitrogens with one attached hydrogen (secondary N) is 2. The predicted molar refractivity (Wildman–Crippen MR) is 105 cm³/mol. The van der Waals surface area contributed by atoms with Gasteiger partial charge >= 0.3 is 0 Å². The molecule has 2 atom stereocenters. The molecule has 2 amide bonds. The van der Waals surface area contributed by atoms with Crippen LogP contribution in [0, 0.1) is 5.92 Å². The monoisotopic (exact) mass is 359 g/mol. The number of hydrogen-bond acceptors (Lipinski definition) is 3. The van der Waals surface area contributed by atoms with Gasteiger partial charge in [-0.1, -0.05) is 52.0 Å². The number of likely N-dealkylation sites (tertiary alicyclic amines) is 1. The smallest absolute Gasteiger partial charge is 0.237 e. The molecule has 2 N–H and O–H groups in total. The van der Waals surface area contributed by atoms with Crippen molar-refractivity contribution in [3.8, 4) is 0 Å². The highest BCUT2D eigenvalue weighted by molar-refractivity contribution is 5.84. The largest absolute Gasteiger partial charge is 0.358 e. The Labute approximate surface area is 157 Å². The number of amides is 2. The highest BCUT2D eigenvalue weighted by Gasteiger charge is 2.31. The zero-order valence-corrected chi connectivity index (χ0v) is 16.7. The fraction of sp³-hybridized carbons (Fsp3) is 0.619. The predicted octanol–water partition coefficient (Wildman–Crippen LogP) is 2.83. The van der Waals surface area contributed by atoms with E-state index in [2.05, 4.69) is 62.6 Å². The van der Waals surface area contributed by atoms with E-state index >= 15 is 0 Å². The van der Waals surface area contributed by atoms with E-state index in [1.54, 1.807) is 7.05 Å². The molecule has 1 aromatic rings. The van der Waals surface area contributed by atoms with Gasteiger partial charge in [0.15, 0.2) is 0 Å². The van der Waals surface area contributed by atoms with Gasteiger partial charge in [0, 0.05) is 7.05 Å². The molecular weight excluding hydrogens is 326 g/mol. The lowest BCUT2D eigenvalue weighted by atomic mass is 9.93. The summed E-state index contributed by atoms with van der Waals surface area (Å²) in [5, 5.41) is 5.87. The van der Waals surface area contributed by atoms with Gasteiger partial charge in [0.1, 0.15) is 0 Å². The lowest BCUT2D eigenvalue weighted by Crippen LogP contribution is -2.47. The SMILES string of the molecule is CNC(=O)C1CCCN1CC(=O)NC(c1ccc(C(C)C)cc1)C(C)C. The molecule has 0 aliphatic carbocycles. The van der Waals surface area contributed by atoms with Crippen LogP contribution in [0.2, 0.25) is 0 Å². The van der Waals surface area contributed by atoms with Gasteiger partial charge in [-0.05, 0) is 42.3 Å². The van der Waals surface area contributed by atoms with Crippen molar-refractivity contribution in [2.75, 3.05) is 20.1 Å². The quantitative estimate of drug-likeness (QED) is 0.787. The minimum absolute atomic E-state index is 0.0000150. The second-order valence-electron chi connectivity index (χ2n) is 7.85. The van der Waals surface area contributed by atoms with E-state index < -0.39 is 0 Å². The van der Waals surface area contributed by atoms with Crippen LogP contribution < -0.4 is 10.6 Å². The number of likely N-dealkylation sites (N-methyl/N-ethyl adjacent to an activating group) is 1. The van der Waals surface area contributed by atoms with Crippen molar-refractivity contribution in [2.45, 2.75) is 58.5 Å². The topological polar surface area (TPSA) is 61.4 Å². The van der Waals surface area contributed by atoms with Gasteiger partial charge in [-0.15, -0.1) is 0 Å². The van der Waals surface area contributed by atoms with E-state index in [0.717, 1.165) is 24.9 Å². The summed E-state index contributed by atoms with van der Waals surface area (Å²) in [5.74, 6) is 0.762. The number of carbonyl (C=O) groups is 2. The van der Waals surface area contributed by atoms with E-state index in [-0.39, 0.29) is 36.4 Å². The molecule has 5 heteroatoms. The van der Waals surface area contributed by atoms with Crippen LogP contribution >= 0.6 is 0 Å². The average molecular weight is 360 g/mol. The van der Waals surface area contributed by atoms with Crippen LogP contribution in [0.25, 0.3) is 0 Å². The normalized spacial score (nSPS) is 19.0. The van der Waals surface area contributed by atoms with Crippen molar-refractivity contribution in [2.24, 2.45) is 5.92 Å². The van der Waals surface area contributed by atoms with Crippen molar-refractivity contribution >= 4 is 11.8 Å². The Kier molecular flexibility index (Phi) is 7.21. The van der Waals surface area contributed by atoms with E-state index in [1.165, 1.54) is 5.56 Å². The molecule has 1 aromatic carbocycles. The molecule has 5 nitrogen and oxygen atoms in total. The molecule has 1 aliphatic heterocycles. The van der Waals surface area contributed by atoms with Gasteiger partial charge in [0.2, 0.25) is 11.8 Å². The van der Waals surface area contributed by atoms with E-state index in [4.69, 9.17) is 0 Å². The second-order valence-corrected chi connectivity index (χ2v) is 7.85. The standard InChI is InChI=1S/C21H33N3O2/c1-14(2)16-8-10-17(11-9-16)20(15(3)4)23-19(25)13-24-12-6-7-18(24)21(26)22-5/h8-11,14-15,18,20H,6-7,12-13H2,1-5H3,(H,22,26)(H,23,25). The summed E-state index contributed by atoms with van der Waals surface area (Å²) in [7, 11) is 1.65. The van der Waals surface area contributed by atoms with E-state index in [9.17, 15) is 9.59 Å². The van der Waals surface area contributed by atoms with Gasteiger partial charge < -0.3 is 10.6 Å². The number of nitrogens with zero attached hydrogens (tertiary/aromatic N) is 1. The lowest BCUT2D eigenvalue weighted by molar-refractivity contribution is -0.127. The average Bonchev–Trinajstić information content (AvgIpc) is 3.06. The molecule has 0 spiro atoms. The summed E-state index contributed by atoms with van der Waals surface area (Å²) < 4.78 is 0. The molecular formula is C21H33N3O2. The molecule has 2 unspecified atom stereocenters. The Morgan fingerprint density at radius 2 is 1.73 bits per heavy atom. The Morgan fingerprint density at radius 3 is 2.27 bits per heavy atom. The second kappa shape index (κ2) is 9.17. The van der Waals surface area contributed by atoms with Crippen LogP contribution in [0.3, 0.4) is 0 Å². The van der Waals surface area contributed by atoms with E-state index in [0.29, 0.717) is 5.92 Å². The van der Waals surface area contributed by atoms with Crippen LogP contribution in [0.1, 0.15) is 63.6 Å². The highest BCUT2D eigenvalue weighted by atomic mass is 16.2. The van der Waals surface area contributed by atoms with Crippen LogP contribution in [0.5, 0.6) is 0 Å². The fourth-order valence-electron chi connectivity index (χ4n) is 3.61. The molecule has 0 aromatic heterocycles. The first-order valence-corrected chi connectivity index (χ1v) is 9.68. The fourth-order valence-corrected chi connectivity index (χ4v) is 3.61. The van der Waals surface area contributed by atoms with Gasteiger partial charge in [-0.3, -0.25) is 14.5 Å². The molecule has 1 aliphatic rings. The third-order valence-electron chi connectivity index (χ3n) is 5.20. The van der Waals surface area contributed by atoms with Crippen molar-refractivity contribution in [1.29, 1.82) is 0 Å². The molecule has 2 rings (SSSR count). The lowest BCUT2D eigenvalue weighted by Gasteiger charge is -2.27. The van der Waals surface area contributed by atoms with Crippen LogP contribution in [0.4, 0.5) is 0 Å². The maximum Gasteiger partial charge on any atom is 0.237 e. The molecule has 1 fully saturated rings. The Balaban J connectivity index is 2.02. The zero-order valence-electron chi connectivity index (χ0n) is 16.7. The number of rotatable bonds is 7. The Morgan fingerprint density at radius 1 is 1.12 bits per heavy atom. The van der Waals surface area contributed by atoms with Gasteiger partial charge in [-0.25, -0.2) is 0 Å². The summed E-state index contributed by atoms with van der Waals surface area (Å²) in [4.78, 5) is 26.6. The van der Waals surface area contributed by atoms with Gasteiger partial charge in [0.25, 0.3) is 0 Å². The third-order valence-corrected chi connectivity index (χ3v) is 5.20. The van der Waals surface area contributed by atoms with Crippen LogP contribution in [-0.4, -0.2) is 42.9 Å². The maximum atomic E-state index is 12.6. The number of carbonyl (C=O) groups excluding carboxylic acids is 2. The number of hydrogen-bond donors (Lipinski definition) is 2. The first-order chi connectivity index (χ1) is 12.3. The summed E-state index contributed by atoms with van der Waals surface area (Å²) in [6.07, 6.45) is 1.77. The van der Waals surface area contributed by atoms with Crippen molar-refractivity contribution in [3.63, 3.8) is 0 Å². The van der Waals surface area contributed by atoms with Crippen molar-refractivity contribution < 1.29 is 9.59 Å². The first kappa shape index (κ1) is 20.4. The maximum absolute atomic E-state index is 12.6. The van der Waals surface area contributed by atoms with Gasteiger partial charge in [-0.2, -0.15) is 0 Å².